The van der Waals surface area contributed by atoms with Gasteiger partial charge in [0.15, 0.2) is 0 Å². The summed E-state index contributed by atoms with van der Waals surface area (Å²) >= 11 is 1.30. The number of rotatable bonds is 8. The molecule has 6 heteroatoms. The van der Waals surface area contributed by atoms with Crippen LogP contribution >= 0.6 is 11.3 Å². The highest BCUT2D eigenvalue weighted by molar-refractivity contribution is 7.91. The van der Waals surface area contributed by atoms with Crippen molar-refractivity contribution in [2.45, 2.75) is 63.8 Å². The second kappa shape index (κ2) is 7.54. The van der Waals surface area contributed by atoms with Gasteiger partial charge < -0.3 is 5.73 Å². The summed E-state index contributed by atoms with van der Waals surface area (Å²) in [4.78, 5) is 0.945. The van der Waals surface area contributed by atoms with Crippen molar-refractivity contribution in [1.82, 2.24) is 4.31 Å². The number of aryl methyl sites for hydroxylation is 1. The van der Waals surface area contributed by atoms with E-state index in [4.69, 9.17) is 5.73 Å². The Labute approximate surface area is 127 Å². The molecular formula is C14H26N2O2S2. The third-order valence-electron chi connectivity index (χ3n) is 3.30. The van der Waals surface area contributed by atoms with Crippen molar-refractivity contribution in [3.8, 4) is 0 Å². The second-order valence-electron chi connectivity index (χ2n) is 5.29. The molecule has 20 heavy (non-hydrogen) atoms. The van der Waals surface area contributed by atoms with Gasteiger partial charge in [0.1, 0.15) is 4.21 Å². The van der Waals surface area contributed by atoms with Crippen molar-refractivity contribution in [3.05, 3.63) is 16.5 Å². The minimum Gasteiger partial charge on any atom is -0.326 e. The van der Waals surface area contributed by atoms with Crippen LogP contribution in [-0.2, 0) is 16.6 Å². The van der Waals surface area contributed by atoms with E-state index >= 15 is 0 Å². The van der Waals surface area contributed by atoms with Gasteiger partial charge in [-0.25, -0.2) is 8.42 Å². The summed E-state index contributed by atoms with van der Waals surface area (Å²) in [7, 11) is -3.40. The third-order valence-corrected chi connectivity index (χ3v) is 7.09. The van der Waals surface area contributed by atoms with Crippen LogP contribution < -0.4 is 5.73 Å². The summed E-state index contributed by atoms with van der Waals surface area (Å²) in [6.45, 7) is 8.85. The molecule has 0 spiro atoms. The molecule has 0 aliphatic carbocycles. The molecule has 0 unspecified atom stereocenters. The summed E-state index contributed by atoms with van der Waals surface area (Å²) < 4.78 is 27.5. The molecule has 0 radical (unpaired) electrons. The first-order chi connectivity index (χ1) is 9.34. The van der Waals surface area contributed by atoms with E-state index < -0.39 is 10.0 Å². The fourth-order valence-electron chi connectivity index (χ4n) is 2.11. The van der Waals surface area contributed by atoms with Gasteiger partial charge in [-0.05, 0) is 38.8 Å². The van der Waals surface area contributed by atoms with Crippen LogP contribution in [0, 0.1) is 6.92 Å². The smallest absolute Gasteiger partial charge is 0.252 e. The molecule has 1 aromatic rings. The van der Waals surface area contributed by atoms with Crippen molar-refractivity contribution in [2.75, 3.05) is 6.54 Å². The van der Waals surface area contributed by atoms with Gasteiger partial charge in [-0.15, -0.1) is 11.3 Å². The van der Waals surface area contributed by atoms with E-state index in [2.05, 4.69) is 6.92 Å². The molecular weight excluding hydrogens is 292 g/mol. The quantitative estimate of drug-likeness (QED) is 0.749. The molecule has 4 nitrogen and oxygen atoms in total. The zero-order chi connectivity index (χ0) is 15.3. The maximum atomic E-state index is 12.7. The highest BCUT2D eigenvalue weighted by Crippen LogP contribution is 2.29. The number of hydrogen-bond donors (Lipinski definition) is 1. The third kappa shape index (κ3) is 4.04. The summed E-state index contributed by atoms with van der Waals surface area (Å²) in [6, 6.07) is 1.72. The molecule has 0 saturated carbocycles. The van der Waals surface area contributed by atoms with Gasteiger partial charge in [0.25, 0.3) is 10.0 Å². The van der Waals surface area contributed by atoms with Crippen LogP contribution in [0.4, 0.5) is 0 Å². The molecule has 0 aliphatic heterocycles. The standard InChI is InChI=1S/C14H26N2O2S2/c1-5-6-7-8-16(11(2)3)20(17,18)14-9-12(4)13(10-15)19-14/h9,11H,5-8,10,15H2,1-4H3. The SMILES string of the molecule is CCCCCN(C(C)C)S(=O)(=O)c1cc(C)c(CN)s1. The molecule has 0 bridgehead atoms. The Balaban J connectivity index is 3.02. The van der Waals surface area contributed by atoms with E-state index in [1.54, 1.807) is 10.4 Å². The van der Waals surface area contributed by atoms with Crippen LogP contribution in [0.2, 0.25) is 0 Å². The summed E-state index contributed by atoms with van der Waals surface area (Å²) in [5, 5.41) is 0. The van der Waals surface area contributed by atoms with Crippen LogP contribution in [-0.4, -0.2) is 25.3 Å². The zero-order valence-electron chi connectivity index (χ0n) is 12.8. The average molecular weight is 319 g/mol. The van der Waals surface area contributed by atoms with Crippen molar-refractivity contribution in [1.29, 1.82) is 0 Å². The maximum absolute atomic E-state index is 12.7. The minimum atomic E-state index is -3.40. The van der Waals surface area contributed by atoms with E-state index in [1.165, 1.54) is 11.3 Å². The molecule has 0 saturated heterocycles. The normalized spacial score (nSPS) is 12.6. The first-order valence-corrected chi connectivity index (χ1v) is 9.41. The molecule has 116 valence electrons. The molecule has 2 N–H and O–H groups in total. The topological polar surface area (TPSA) is 63.4 Å². The molecule has 0 aliphatic rings. The number of unbranched alkanes of at least 4 members (excludes halogenated alkanes) is 2. The van der Waals surface area contributed by atoms with Crippen LogP contribution in [0.1, 0.15) is 50.5 Å². The second-order valence-corrected chi connectivity index (χ2v) is 8.55. The Bertz CT molecular complexity index is 521. The van der Waals surface area contributed by atoms with E-state index in [-0.39, 0.29) is 6.04 Å². The Morgan fingerprint density at radius 1 is 1.35 bits per heavy atom. The lowest BCUT2D eigenvalue weighted by Gasteiger charge is -2.25. The van der Waals surface area contributed by atoms with Crippen LogP contribution in [0.3, 0.4) is 0 Å². The number of nitrogens with two attached hydrogens (primary N) is 1. The van der Waals surface area contributed by atoms with Crippen molar-refractivity contribution in [3.63, 3.8) is 0 Å². The lowest BCUT2D eigenvalue weighted by molar-refractivity contribution is 0.346. The van der Waals surface area contributed by atoms with Crippen molar-refractivity contribution in [2.24, 2.45) is 5.73 Å². The summed E-state index contributed by atoms with van der Waals surface area (Å²) in [6.07, 6.45) is 3.04. The first-order valence-electron chi connectivity index (χ1n) is 7.15. The fourth-order valence-corrected chi connectivity index (χ4v) is 5.38. The summed E-state index contributed by atoms with van der Waals surface area (Å²) in [5.41, 5.74) is 6.61. The Morgan fingerprint density at radius 3 is 2.45 bits per heavy atom. The highest BCUT2D eigenvalue weighted by atomic mass is 32.2. The van der Waals surface area contributed by atoms with Crippen LogP contribution in [0.5, 0.6) is 0 Å². The lowest BCUT2D eigenvalue weighted by atomic mass is 10.2. The minimum absolute atomic E-state index is 0.0272. The number of hydrogen-bond acceptors (Lipinski definition) is 4. The Morgan fingerprint density at radius 2 is 2.00 bits per heavy atom. The molecule has 0 fully saturated rings. The number of nitrogens with zero attached hydrogens (tertiary/aromatic N) is 1. The zero-order valence-corrected chi connectivity index (χ0v) is 14.5. The van der Waals surface area contributed by atoms with Gasteiger partial charge in [0.2, 0.25) is 0 Å². The maximum Gasteiger partial charge on any atom is 0.252 e. The number of thiophene rings is 1. The lowest BCUT2D eigenvalue weighted by Crippen LogP contribution is -2.37. The Kier molecular flexibility index (Phi) is 6.64. The monoisotopic (exact) mass is 318 g/mol. The predicted molar refractivity (Wildman–Crippen MR) is 85.5 cm³/mol. The molecule has 0 amide bonds. The molecule has 1 aromatic heterocycles. The van der Waals surface area contributed by atoms with Gasteiger partial charge >= 0.3 is 0 Å². The number of sulfonamides is 1. The van der Waals surface area contributed by atoms with E-state index in [1.807, 2.05) is 20.8 Å². The van der Waals surface area contributed by atoms with Gasteiger partial charge in [-0.3, -0.25) is 0 Å². The van der Waals surface area contributed by atoms with E-state index in [0.29, 0.717) is 17.3 Å². The Hall–Kier alpha value is -0.430. The first kappa shape index (κ1) is 17.6. The van der Waals surface area contributed by atoms with Gasteiger partial charge in [-0.1, -0.05) is 19.8 Å². The predicted octanol–water partition coefficient (Wildman–Crippen LogP) is 3.10. The van der Waals surface area contributed by atoms with Crippen LogP contribution in [0.15, 0.2) is 10.3 Å². The molecule has 1 rings (SSSR count). The van der Waals surface area contributed by atoms with E-state index in [0.717, 1.165) is 29.7 Å². The van der Waals surface area contributed by atoms with Crippen LogP contribution in [0.25, 0.3) is 0 Å². The molecule has 0 aromatic carbocycles. The van der Waals surface area contributed by atoms with E-state index in [9.17, 15) is 8.42 Å². The summed E-state index contributed by atoms with van der Waals surface area (Å²) in [5.74, 6) is 0. The average Bonchev–Trinajstić information content (AvgIpc) is 2.76. The molecule has 0 atom stereocenters. The van der Waals surface area contributed by atoms with Gasteiger partial charge in [0.05, 0.1) is 0 Å². The van der Waals surface area contributed by atoms with Crippen molar-refractivity contribution < 1.29 is 8.42 Å². The largest absolute Gasteiger partial charge is 0.326 e. The fraction of sp³-hybridized carbons (Fsp3) is 0.714. The molecule has 1 heterocycles. The van der Waals surface area contributed by atoms with Crippen molar-refractivity contribution >= 4 is 21.4 Å². The van der Waals surface area contributed by atoms with Gasteiger partial charge in [0, 0.05) is 24.0 Å². The van der Waals surface area contributed by atoms with Gasteiger partial charge in [-0.2, -0.15) is 4.31 Å². The highest BCUT2D eigenvalue weighted by Gasteiger charge is 2.28.